The number of carbonyl (C=O) groups excluding carboxylic acids is 1. The molecule has 1 atom stereocenters. The monoisotopic (exact) mass is 489 g/mol. The van der Waals surface area contributed by atoms with E-state index < -0.39 is 12.6 Å². The molecule has 1 heterocycles. The molecule has 0 aliphatic carbocycles. The number of carbonyl (C=O) groups is 1. The Labute approximate surface area is 169 Å². The predicted molar refractivity (Wildman–Crippen MR) is 115 cm³/mol. The Bertz CT molecular complexity index is 627. The van der Waals surface area contributed by atoms with Crippen molar-refractivity contribution >= 4 is 51.8 Å². The van der Waals surface area contributed by atoms with Gasteiger partial charge in [-0.15, -0.1) is 0 Å². The van der Waals surface area contributed by atoms with Crippen LogP contribution in [0.3, 0.4) is 0 Å². The van der Waals surface area contributed by atoms with Crippen molar-refractivity contribution < 1.29 is 9.22 Å². The standard InChI is InChI=1S/C19H29Br2NO2Si/c1-12(2)25(13(3)4,14(5)6)24-10-9-19(21)16-11-15(20)7-8-17(16)22-18(19)23/h7-8,11-14H,9-10H2,1-6H3,(H,22,23). The molecule has 1 N–H and O–H groups in total. The van der Waals surface area contributed by atoms with E-state index in [1.807, 2.05) is 18.2 Å². The second kappa shape index (κ2) is 7.83. The molecule has 1 aromatic carbocycles. The summed E-state index contributed by atoms with van der Waals surface area (Å²) in [6, 6.07) is 5.90. The van der Waals surface area contributed by atoms with Crippen LogP contribution in [-0.4, -0.2) is 20.8 Å². The van der Waals surface area contributed by atoms with E-state index >= 15 is 0 Å². The zero-order valence-corrected chi connectivity index (χ0v) is 20.1. The Morgan fingerprint density at radius 1 is 1.12 bits per heavy atom. The smallest absolute Gasteiger partial charge is 0.245 e. The maximum absolute atomic E-state index is 12.6. The highest BCUT2D eigenvalue weighted by atomic mass is 79.9. The molecule has 3 nitrogen and oxygen atoms in total. The largest absolute Gasteiger partial charge is 0.416 e. The fraction of sp³-hybridized carbons (Fsp3) is 0.632. The van der Waals surface area contributed by atoms with Gasteiger partial charge >= 0.3 is 0 Å². The van der Waals surface area contributed by atoms with Crippen molar-refractivity contribution in [3.63, 3.8) is 0 Å². The fourth-order valence-electron chi connectivity index (χ4n) is 4.41. The lowest BCUT2D eigenvalue weighted by atomic mass is 9.97. The molecule has 0 spiro atoms. The van der Waals surface area contributed by atoms with Gasteiger partial charge in [-0.3, -0.25) is 4.79 Å². The van der Waals surface area contributed by atoms with Gasteiger partial charge in [0.15, 0.2) is 8.32 Å². The van der Waals surface area contributed by atoms with Gasteiger partial charge in [0.25, 0.3) is 0 Å². The third kappa shape index (κ3) is 3.78. The fourth-order valence-corrected chi connectivity index (χ4v) is 10.8. The van der Waals surface area contributed by atoms with Gasteiger partial charge in [-0.25, -0.2) is 0 Å². The van der Waals surface area contributed by atoms with Crippen molar-refractivity contribution in [1.29, 1.82) is 0 Å². The van der Waals surface area contributed by atoms with Crippen LogP contribution in [0.5, 0.6) is 0 Å². The summed E-state index contributed by atoms with van der Waals surface area (Å²) in [5.41, 5.74) is 3.49. The van der Waals surface area contributed by atoms with Gasteiger partial charge in [0, 0.05) is 22.3 Å². The van der Waals surface area contributed by atoms with Crippen molar-refractivity contribution in [3.05, 3.63) is 28.2 Å². The summed E-state index contributed by atoms with van der Waals surface area (Å²) < 4.78 is 6.92. The molecule has 0 saturated carbocycles. The zero-order valence-electron chi connectivity index (χ0n) is 16.0. The lowest BCUT2D eigenvalue weighted by Crippen LogP contribution is -2.48. The molecule has 1 unspecified atom stereocenters. The van der Waals surface area contributed by atoms with Crippen molar-refractivity contribution in [3.8, 4) is 0 Å². The third-order valence-corrected chi connectivity index (χ3v) is 13.3. The predicted octanol–water partition coefficient (Wildman–Crippen LogP) is 6.57. The molecule has 25 heavy (non-hydrogen) atoms. The van der Waals surface area contributed by atoms with Gasteiger partial charge in [0.2, 0.25) is 5.91 Å². The maximum Gasteiger partial charge on any atom is 0.245 e. The Kier molecular flexibility index (Phi) is 6.62. The van der Waals surface area contributed by atoms with Crippen molar-refractivity contribution in [1.82, 2.24) is 0 Å². The van der Waals surface area contributed by atoms with Gasteiger partial charge in [-0.2, -0.15) is 0 Å². The highest BCUT2D eigenvalue weighted by Crippen LogP contribution is 2.47. The quantitative estimate of drug-likeness (QED) is 0.346. The number of hydrogen-bond acceptors (Lipinski definition) is 2. The highest BCUT2D eigenvalue weighted by molar-refractivity contribution is 9.10. The Morgan fingerprint density at radius 3 is 2.20 bits per heavy atom. The zero-order chi connectivity index (χ0) is 19.0. The molecule has 1 aromatic rings. The SMILES string of the molecule is CC(C)[Si](OCCC1(Br)C(=O)Nc2ccc(Br)cc21)(C(C)C)C(C)C. The normalized spacial score (nSPS) is 20.5. The number of rotatable bonds is 7. The lowest BCUT2D eigenvalue weighted by Gasteiger charge is -2.42. The van der Waals surface area contributed by atoms with Gasteiger partial charge in [0.05, 0.1) is 0 Å². The molecule has 0 radical (unpaired) electrons. The average molecular weight is 491 g/mol. The third-order valence-electron chi connectivity index (χ3n) is 5.52. The second-order valence-corrected chi connectivity index (χ2v) is 15.6. The summed E-state index contributed by atoms with van der Waals surface area (Å²) in [6.07, 6.45) is 0.628. The van der Waals surface area contributed by atoms with Crippen molar-refractivity contribution in [2.75, 3.05) is 11.9 Å². The van der Waals surface area contributed by atoms with E-state index in [9.17, 15) is 4.79 Å². The molecule has 0 fully saturated rings. The average Bonchev–Trinajstić information content (AvgIpc) is 2.74. The van der Waals surface area contributed by atoms with Crippen LogP contribution in [0.4, 0.5) is 5.69 Å². The number of fused-ring (bicyclic) bond motifs is 1. The number of anilines is 1. The van der Waals surface area contributed by atoms with E-state index in [-0.39, 0.29) is 5.91 Å². The minimum Gasteiger partial charge on any atom is -0.416 e. The van der Waals surface area contributed by atoms with Gasteiger partial charge in [0.1, 0.15) is 4.32 Å². The summed E-state index contributed by atoms with van der Waals surface area (Å²) in [7, 11) is -1.92. The molecule has 2 rings (SSSR count). The summed E-state index contributed by atoms with van der Waals surface area (Å²) in [6.45, 7) is 14.3. The van der Waals surface area contributed by atoms with Crippen LogP contribution in [0.1, 0.15) is 53.5 Å². The van der Waals surface area contributed by atoms with E-state index in [1.165, 1.54) is 0 Å². The maximum atomic E-state index is 12.6. The van der Waals surface area contributed by atoms with Crippen LogP contribution >= 0.6 is 31.9 Å². The van der Waals surface area contributed by atoms with Gasteiger partial charge < -0.3 is 9.74 Å². The molecule has 0 saturated heterocycles. The first-order valence-electron chi connectivity index (χ1n) is 9.00. The number of amides is 1. The van der Waals surface area contributed by atoms with Crippen LogP contribution in [0, 0.1) is 0 Å². The molecule has 140 valence electrons. The van der Waals surface area contributed by atoms with E-state index in [2.05, 4.69) is 78.7 Å². The van der Waals surface area contributed by atoms with E-state index in [0.29, 0.717) is 29.7 Å². The van der Waals surface area contributed by atoms with Crippen LogP contribution in [-0.2, 0) is 13.5 Å². The van der Waals surface area contributed by atoms with E-state index in [0.717, 1.165) is 15.7 Å². The summed E-state index contributed by atoms with van der Waals surface area (Å²) in [5, 5.41) is 2.98. The Morgan fingerprint density at radius 2 is 1.68 bits per heavy atom. The van der Waals surface area contributed by atoms with Crippen LogP contribution in [0.15, 0.2) is 22.7 Å². The number of halogens is 2. The topological polar surface area (TPSA) is 38.3 Å². The molecular formula is C19H29Br2NO2Si. The number of hydrogen-bond donors (Lipinski definition) is 1. The van der Waals surface area contributed by atoms with Crippen LogP contribution in [0.2, 0.25) is 16.6 Å². The molecular weight excluding hydrogens is 462 g/mol. The highest BCUT2D eigenvalue weighted by Gasteiger charge is 2.48. The second-order valence-electron chi connectivity index (χ2n) is 7.86. The van der Waals surface area contributed by atoms with Gasteiger partial charge in [-0.1, -0.05) is 73.4 Å². The molecule has 1 amide bonds. The number of benzene rings is 1. The number of nitrogens with one attached hydrogen (secondary N) is 1. The first kappa shape index (κ1) is 21.1. The molecule has 1 aliphatic rings. The summed E-state index contributed by atoms with van der Waals surface area (Å²) >= 11 is 7.23. The molecule has 0 aromatic heterocycles. The van der Waals surface area contributed by atoms with E-state index in [1.54, 1.807) is 0 Å². The van der Waals surface area contributed by atoms with Crippen LogP contribution in [0.25, 0.3) is 0 Å². The first-order chi connectivity index (χ1) is 11.6. The summed E-state index contributed by atoms with van der Waals surface area (Å²) in [5.74, 6) is -0.00453. The van der Waals surface area contributed by atoms with E-state index in [4.69, 9.17) is 4.43 Å². The molecule has 6 heteroatoms. The minimum atomic E-state index is -1.92. The molecule has 1 aliphatic heterocycles. The Hall–Kier alpha value is -0.173. The van der Waals surface area contributed by atoms with Gasteiger partial charge in [-0.05, 0) is 41.2 Å². The lowest BCUT2D eigenvalue weighted by molar-refractivity contribution is -0.118. The van der Waals surface area contributed by atoms with Crippen LogP contribution < -0.4 is 5.32 Å². The number of alkyl halides is 1. The Balaban J connectivity index is 2.21. The summed E-state index contributed by atoms with van der Waals surface area (Å²) in [4.78, 5) is 12.6. The first-order valence-corrected chi connectivity index (χ1v) is 12.7. The van der Waals surface area contributed by atoms with Crippen molar-refractivity contribution in [2.45, 2.75) is 68.9 Å². The van der Waals surface area contributed by atoms with Crippen molar-refractivity contribution in [2.24, 2.45) is 0 Å². The molecule has 0 bridgehead atoms. The minimum absolute atomic E-state index is 0.00453.